The Balaban J connectivity index is 2.95. The van der Waals surface area contributed by atoms with Gasteiger partial charge in [0.15, 0.2) is 0 Å². The quantitative estimate of drug-likeness (QED) is 0.618. The first kappa shape index (κ1) is 10.3. The van der Waals surface area contributed by atoms with Gasteiger partial charge in [-0.2, -0.15) is 20.2 Å². The van der Waals surface area contributed by atoms with Crippen molar-refractivity contribution in [3.05, 3.63) is 0 Å². The average molecular weight is 212 g/mol. The van der Waals surface area contributed by atoms with E-state index >= 15 is 0 Å². The number of hydrogen-bond acceptors (Lipinski definition) is 4. The van der Waals surface area contributed by atoms with E-state index in [0.717, 1.165) is 5.75 Å². The molecular formula is C6H12O4S2. The van der Waals surface area contributed by atoms with E-state index in [4.69, 9.17) is 4.55 Å². The molecule has 0 amide bonds. The molecule has 0 aromatic carbocycles. The molecule has 2 unspecified atom stereocenters. The smallest absolute Gasteiger partial charge is 0.296 e. The van der Waals surface area contributed by atoms with Crippen LogP contribution in [0.4, 0.5) is 0 Å². The van der Waals surface area contributed by atoms with Crippen LogP contribution < -0.4 is 0 Å². The molecule has 2 N–H and O–H groups in total. The van der Waals surface area contributed by atoms with Gasteiger partial charge in [0.05, 0.1) is 0 Å². The number of rotatable bonds is 1. The Hall–Kier alpha value is 0.220. The lowest BCUT2D eigenvalue weighted by molar-refractivity contribution is 0.101. The van der Waals surface area contributed by atoms with Gasteiger partial charge in [0.25, 0.3) is 10.1 Å². The molecule has 2 atom stereocenters. The van der Waals surface area contributed by atoms with E-state index in [-0.39, 0.29) is 6.42 Å². The Labute approximate surface area is 76.1 Å². The van der Waals surface area contributed by atoms with E-state index < -0.39 is 20.3 Å². The van der Waals surface area contributed by atoms with Crippen molar-refractivity contribution >= 4 is 21.9 Å². The van der Waals surface area contributed by atoms with Crippen LogP contribution in [0.3, 0.4) is 0 Å². The Morgan fingerprint density at radius 2 is 2.17 bits per heavy atom. The third-order valence-electron chi connectivity index (χ3n) is 2.13. The SMILES string of the molecule is CC1SCCCC1(O)S(=O)(=O)O. The summed E-state index contributed by atoms with van der Waals surface area (Å²) < 4.78 is 30.4. The van der Waals surface area contributed by atoms with E-state index in [0.29, 0.717) is 6.42 Å². The Bertz CT molecular complexity index is 261. The van der Waals surface area contributed by atoms with Crippen molar-refractivity contribution in [1.82, 2.24) is 0 Å². The Morgan fingerprint density at radius 3 is 2.50 bits per heavy atom. The van der Waals surface area contributed by atoms with E-state index in [9.17, 15) is 13.5 Å². The van der Waals surface area contributed by atoms with E-state index in [1.54, 1.807) is 6.92 Å². The van der Waals surface area contributed by atoms with Crippen LogP contribution >= 0.6 is 11.8 Å². The molecule has 6 heteroatoms. The molecule has 0 spiro atoms. The molecule has 1 saturated heterocycles. The van der Waals surface area contributed by atoms with Gasteiger partial charge in [-0.25, -0.2) is 0 Å². The zero-order valence-electron chi connectivity index (χ0n) is 6.73. The van der Waals surface area contributed by atoms with Crippen molar-refractivity contribution < 1.29 is 18.1 Å². The predicted molar refractivity (Wildman–Crippen MR) is 47.7 cm³/mol. The lowest BCUT2D eigenvalue weighted by Gasteiger charge is -2.34. The van der Waals surface area contributed by atoms with Gasteiger partial charge in [0.2, 0.25) is 4.93 Å². The first-order chi connectivity index (χ1) is 5.38. The lowest BCUT2D eigenvalue weighted by atomic mass is 10.1. The molecule has 0 radical (unpaired) electrons. The molecule has 1 heterocycles. The summed E-state index contributed by atoms with van der Waals surface area (Å²) in [6.45, 7) is 1.61. The maximum Gasteiger partial charge on any atom is 0.296 e. The first-order valence-corrected chi connectivity index (χ1v) is 6.18. The minimum absolute atomic E-state index is 0.125. The molecule has 1 aliphatic rings. The fourth-order valence-corrected chi connectivity index (χ4v) is 3.69. The summed E-state index contributed by atoms with van der Waals surface area (Å²) in [4.78, 5) is -1.93. The van der Waals surface area contributed by atoms with Crippen LogP contribution in [0.1, 0.15) is 19.8 Å². The molecule has 0 saturated carbocycles. The highest BCUT2D eigenvalue weighted by Gasteiger charge is 2.47. The maximum atomic E-state index is 10.8. The van der Waals surface area contributed by atoms with Gasteiger partial charge in [-0.1, -0.05) is 0 Å². The van der Waals surface area contributed by atoms with Crippen molar-refractivity contribution in [1.29, 1.82) is 0 Å². The monoisotopic (exact) mass is 212 g/mol. The van der Waals surface area contributed by atoms with Gasteiger partial charge in [0, 0.05) is 5.25 Å². The second-order valence-electron chi connectivity index (χ2n) is 2.94. The van der Waals surface area contributed by atoms with Crippen LogP contribution in [0.5, 0.6) is 0 Å². The van der Waals surface area contributed by atoms with Crippen LogP contribution in [0, 0.1) is 0 Å². The van der Waals surface area contributed by atoms with Gasteiger partial charge in [-0.05, 0) is 25.5 Å². The summed E-state index contributed by atoms with van der Waals surface area (Å²) in [7, 11) is -4.34. The lowest BCUT2D eigenvalue weighted by Crippen LogP contribution is -2.48. The molecule has 1 aliphatic heterocycles. The molecule has 0 bridgehead atoms. The first-order valence-electron chi connectivity index (χ1n) is 3.69. The highest BCUT2D eigenvalue weighted by Crippen LogP contribution is 2.36. The van der Waals surface area contributed by atoms with Gasteiger partial charge in [-0.3, -0.25) is 4.55 Å². The highest BCUT2D eigenvalue weighted by molar-refractivity contribution is 8.01. The standard InChI is InChI=1S/C6H12O4S2/c1-5-6(7,12(8,9)10)3-2-4-11-5/h5,7H,2-4H2,1H3,(H,8,9,10). The van der Waals surface area contributed by atoms with Gasteiger partial charge in [-0.15, -0.1) is 0 Å². The molecule has 4 nitrogen and oxygen atoms in total. The summed E-state index contributed by atoms with van der Waals surface area (Å²) in [6.07, 6.45) is 0.741. The second kappa shape index (κ2) is 3.17. The molecule has 12 heavy (non-hydrogen) atoms. The minimum Gasteiger partial charge on any atom is -0.372 e. The largest absolute Gasteiger partial charge is 0.372 e. The molecule has 0 aromatic heterocycles. The zero-order chi connectivity index (χ0) is 9.41. The fraction of sp³-hybridized carbons (Fsp3) is 1.00. The average Bonchev–Trinajstić information content (AvgIpc) is 1.93. The molecule has 1 rings (SSSR count). The van der Waals surface area contributed by atoms with Gasteiger partial charge in [0.1, 0.15) is 0 Å². The Kier molecular flexibility index (Phi) is 2.72. The normalized spacial score (nSPS) is 38.1. The summed E-state index contributed by atoms with van der Waals surface area (Å²) in [5.74, 6) is 0.832. The van der Waals surface area contributed by atoms with Crippen molar-refractivity contribution in [2.24, 2.45) is 0 Å². The zero-order valence-corrected chi connectivity index (χ0v) is 8.36. The Morgan fingerprint density at radius 1 is 1.58 bits per heavy atom. The molecule has 0 aromatic rings. The van der Waals surface area contributed by atoms with E-state index in [2.05, 4.69) is 0 Å². The summed E-state index contributed by atoms with van der Waals surface area (Å²) in [6, 6.07) is 0. The molecular weight excluding hydrogens is 200 g/mol. The topological polar surface area (TPSA) is 74.6 Å². The predicted octanol–water partition coefficient (Wildman–Crippen LogP) is 0.478. The fourth-order valence-electron chi connectivity index (χ4n) is 1.26. The third-order valence-corrected chi connectivity index (χ3v) is 5.14. The van der Waals surface area contributed by atoms with Crippen LogP contribution in [-0.4, -0.2) is 34.0 Å². The second-order valence-corrected chi connectivity index (χ2v) is 6.04. The van der Waals surface area contributed by atoms with Crippen LogP contribution in [-0.2, 0) is 10.1 Å². The number of thioether (sulfide) groups is 1. The van der Waals surface area contributed by atoms with Crippen molar-refractivity contribution in [2.75, 3.05) is 5.75 Å². The van der Waals surface area contributed by atoms with Gasteiger partial charge >= 0.3 is 0 Å². The van der Waals surface area contributed by atoms with Crippen molar-refractivity contribution in [2.45, 2.75) is 29.9 Å². The van der Waals surface area contributed by atoms with Crippen LogP contribution in [0.2, 0.25) is 0 Å². The van der Waals surface area contributed by atoms with Crippen molar-refractivity contribution in [3.8, 4) is 0 Å². The number of hydrogen-bond donors (Lipinski definition) is 2. The molecule has 0 aliphatic carbocycles. The summed E-state index contributed by atoms with van der Waals surface area (Å²) >= 11 is 1.36. The number of aliphatic hydroxyl groups is 1. The summed E-state index contributed by atoms with van der Waals surface area (Å²) in [5, 5.41) is 9.16. The minimum atomic E-state index is -4.34. The maximum absolute atomic E-state index is 10.8. The van der Waals surface area contributed by atoms with E-state index in [1.807, 2.05) is 0 Å². The molecule has 1 fully saturated rings. The van der Waals surface area contributed by atoms with E-state index in [1.165, 1.54) is 11.8 Å². The highest BCUT2D eigenvalue weighted by atomic mass is 32.2. The third kappa shape index (κ3) is 1.61. The molecule has 72 valence electrons. The summed E-state index contributed by atoms with van der Waals surface area (Å²) in [5.41, 5.74) is 0. The van der Waals surface area contributed by atoms with Crippen molar-refractivity contribution in [3.63, 3.8) is 0 Å². The van der Waals surface area contributed by atoms with Crippen LogP contribution in [0.15, 0.2) is 0 Å². The van der Waals surface area contributed by atoms with Crippen LogP contribution in [0.25, 0.3) is 0 Å². The van der Waals surface area contributed by atoms with Gasteiger partial charge < -0.3 is 5.11 Å².